The van der Waals surface area contributed by atoms with Crippen molar-refractivity contribution in [1.29, 1.82) is 0 Å². The number of rotatable bonds is 5. The summed E-state index contributed by atoms with van der Waals surface area (Å²) in [6, 6.07) is 3.97. The minimum Gasteiger partial charge on any atom is -0.478 e. The number of anilines is 1. The fourth-order valence-electron chi connectivity index (χ4n) is 1.38. The molecule has 0 fully saturated rings. The molecule has 0 aliphatic heterocycles. The number of hydrogen-bond donors (Lipinski definition) is 4. The van der Waals surface area contributed by atoms with E-state index in [-0.39, 0.29) is 23.7 Å². The number of carbonyl (C=O) groups excluding carboxylic acids is 2. The Morgan fingerprint density at radius 1 is 1.20 bits per heavy atom. The van der Waals surface area contributed by atoms with Crippen molar-refractivity contribution in [3.8, 4) is 0 Å². The first-order valence-corrected chi connectivity index (χ1v) is 6.51. The molecule has 108 valence electrons. The molecule has 4 N–H and O–H groups in total. The molecule has 1 aromatic carbocycles. The third-order valence-electron chi connectivity index (χ3n) is 2.24. The topological polar surface area (TPSA) is 108 Å². The second-order valence-electron chi connectivity index (χ2n) is 3.86. The predicted octanol–water partition coefficient (Wildman–Crippen LogP) is 1.40. The molecule has 1 rings (SSSR count). The Morgan fingerprint density at radius 3 is 2.45 bits per heavy atom. The zero-order valence-electron chi connectivity index (χ0n) is 10.7. The van der Waals surface area contributed by atoms with Crippen LogP contribution in [0.5, 0.6) is 0 Å². The van der Waals surface area contributed by atoms with Crippen LogP contribution in [-0.2, 0) is 4.79 Å². The van der Waals surface area contributed by atoms with Crippen molar-refractivity contribution in [3.63, 3.8) is 0 Å². The van der Waals surface area contributed by atoms with Crippen molar-refractivity contribution in [2.75, 3.05) is 18.4 Å². The quantitative estimate of drug-likeness (QED) is 0.606. The van der Waals surface area contributed by atoms with Crippen molar-refractivity contribution in [3.05, 3.63) is 28.2 Å². The predicted molar refractivity (Wildman–Crippen MR) is 76.8 cm³/mol. The fourth-order valence-corrected chi connectivity index (χ4v) is 1.74. The minimum atomic E-state index is -1.14. The summed E-state index contributed by atoms with van der Waals surface area (Å²) in [5.41, 5.74) is 0.175. The average molecular weight is 344 g/mol. The Morgan fingerprint density at radius 2 is 1.85 bits per heavy atom. The Kier molecular flexibility index (Phi) is 5.98. The smallest absolute Gasteiger partial charge is 0.337 e. The summed E-state index contributed by atoms with van der Waals surface area (Å²) in [7, 11) is 0. The van der Waals surface area contributed by atoms with Gasteiger partial charge < -0.3 is 21.1 Å². The van der Waals surface area contributed by atoms with E-state index >= 15 is 0 Å². The van der Waals surface area contributed by atoms with Gasteiger partial charge in [-0.1, -0.05) is 15.9 Å². The summed E-state index contributed by atoms with van der Waals surface area (Å²) < 4.78 is 0.603. The maximum Gasteiger partial charge on any atom is 0.337 e. The van der Waals surface area contributed by atoms with Gasteiger partial charge in [0.05, 0.1) is 11.3 Å². The van der Waals surface area contributed by atoms with Crippen LogP contribution in [-0.4, -0.2) is 36.1 Å². The van der Waals surface area contributed by atoms with Gasteiger partial charge in [-0.05, 0) is 18.2 Å². The van der Waals surface area contributed by atoms with Gasteiger partial charge in [-0.15, -0.1) is 0 Å². The Balaban J connectivity index is 2.57. The maximum atomic E-state index is 11.6. The van der Waals surface area contributed by atoms with Crippen LogP contribution in [0.15, 0.2) is 22.7 Å². The molecule has 0 atom stereocenters. The largest absolute Gasteiger partial charge is 0.478 e. The van der Waals surface area contributed by atoms with Crippen LogP contribution in [0.4, 0.5) is 10.5 Å². The highest BCUT2D eigenvalue weighted by Crippen LogP contribution is 2.20. The first-order valence-electron chi connectivity index (χ1n) is 5.72. The van der Waals surface area contributed by atoms with E-state index in [2.05, 4.69) is 31.9 Å². The van der Waals surface area contributed by atoms with Crippen LogP contribution in [0.1, 0.15) is 17.3 Å². The normalized spacial score (nSPS) is 9.70. The summed E-state index contributed by atoms with van der Waals surface area (Å²) in [6.45, 7) is 1.92. The number of aromatic carboxylic acids is 1. The van der Waals surface area contributed by atoms with Crippen LogP contribution in [0.2, 0.25) is 0 Å². The summed E-state index contributed by atoms with van der Waals surface area (Å²) in [4.78, 5) is 33.2. The van der Waals surface area contributed by atoms with Crippen LogP contribution in [0.3, 0.4) is 0 Å². The molecule has 0 spiro atoms. The minimum absolute atomic E-state index is 0.0172. The molecule has 3 amide bonds. The fraction of sp³-hybridized carbons (Fsp3) is 0.250. The first kappa shape index (κ1) is 16.0. The van der Waals surface area contributed by atoms with Crippen molar-refractivity contribution < 1.29 is 19.5 Å². The first-order chi connectivity index (χ1) is 9.40. The van der Waals surface area contributed by atoms with Crippen molar-refractivity contribution in [2.45, 2.75) is 6.92 Å². The van der Waals surface area contributed by atoms with Crippen LogP contribution >= 0.6 is 15.9 Å². The van der Waals surface area contributed by atoms with Gasteiger partial charge in [0.2, 0.25) is 5.91 Å². The molecule has 0 radical (unpaired) electrons. The molecule has 0 aliphatic rings. The van der Waals surface area contributed by atoms with E-state index in [0.29, 0.717) is 11.0 Å². The Bertz CT molecular complexity index is 533. The van der Waals surface area contributed by atoms with Crippen molar-refractivity contribution in [1.82, 2.24) is 10.6 Å². The molecular weight excluding hydrogens is 330 g/mol. The maximum absolute atomic E-state index is 11.6. The summed E-state index contributed by atoms with van der Waals surface area (Å²) in [5.74, 6) is -1.33. The number of urea groups is 1. The highest BCUT2D eigenvalue weighted by atomic mass is 79.9. The zero-order valence-corrected chi connectivity index (χ0v) is 12.3. The van der Waals surface area contributed by atoms with Gasteiger partial charge in [-0.3, -0.25) is 4.79 Å². The van der Waals surface area contributed by atoms with E-state index in [1.54, 1.807) is 6.07 Å². The average Bonchev–Trinajstić information content (AvgIpc) is 2.36. The summed E-state index contributed by atoms with van der Waals surface area (Å²) in [6.07, 6.45) is 0. The zero-order chi connectivity index (χ0) is 15.1. The van der Waals surface area contributed by atoms with Crippen LogP contribution in [0.25, 0.3) is 0 Å². The number of halogens is 1. The van der Waals surface area contributed by atoms with E-state index in [0.717, 1.165) is 0 Å². The van der Waals surface area contributed by atoms with Gasteiger partial charge >= 0.3 is 12.0 Å². The molecule has 0 saturated carbocycles. The van der Waals surface area contributed by atoms with Crippen molar-refractivity contribution >= 4 is 39.5 Å². The van der Waals surface area contributed by atoms with Crippen LogP contribution in [0, 0.1) is 0 Å². The van der Waals surface area contributed by atoms with Gasteiger partial charge in [0.1, 0.15) is 0 Å². The molecule has 0 heterocycles. The van der Waals surface area contributed by atoms with Gasteiger partial charge in [-0.2, -0.15) is 0 Å². The third-order valence-corrected chi connectivity index (χ3v) is 2.74. The molecule has 1 aromatic rings. The number of nitrogens with one attached hydrogen (secondary N) is 3. The van der Waals surface area contributed by atoms with E-state index in [9.17, 15) is 14.4 Å². The van der Waals surface area contributed by atoms with Crippen molar-refractivity contribution in [2.24, 2.45) is 0 Å². The molecule has 0 bridgehead atoms. The van der Waals surface area contributed by atoms with E-state index in [1.807, 2.05) is 0 Å². The van der Waals surface area contributed by atoms with Gasteiger partial charge in [-0.25, -0.2) is 9.59 Å². The molecule has 0 saturated heterocycles. The number of carbonyl (C=O) groups is 3. The van der Waals surface area contributed by atoms with Gasteiger partial charge in [0.15, 0.2) is 0 Å². The monoisotopic (exact) mass is 343 g/mol. The SMILES string of the molecule is CC(=O)NCCNC(=O)Nc1ccc(Br)cc1C(=O)O. The number of hydrogen-bond acceptors (Lipinski definition) is 3. The third kappa shape index (κ3) is 5.27. The number of carboxylic acid groups (broad SMARTS) is 1. The second-order valence-corrected chi connectivity index (χ2v) is 4.77. The van der Waals surface area contributed by atoms with E-state index in [1.165, 1.54) is 19.1 Å². The second kappa shape index (κ2) is 7.49. The Labute approximate surface area is 123 Å². The number of amides is 3. The Hall–Kier alpha value is -2.09. The molecule has 0 aliphatic carbocycles. The molecule has 7 nitrogen and oxygen atoms in total. The molecule has 8 heteroatoms. The standard InChI is InChI=1S/C12H14BrN3O4/c1-7(17)14-4-5-15-12(20)16-10-3-2-8(13)6-9(10)11(18)19/h2-3,6H,4-5H2,1H3,(H,14,17)(H,18,19)(H2,15,16,20). The molecule has 20 heavy (non-hydrogen) atoms. The lowest BCUT2D eigenvalue weighted by molar-refractivity contribution is -0.118. The summed E-state index contributed by atoms with van der Waals surface area (Å²) >= 11 is 3.16. The highest BCUT2D eigenvalue weighted by Gasteiger charge is 2.12. The van der Waals surface area contributed by atoms with E-state index < -0.39 is 12.0 Å². The number of carboxylic acids is 1. The number of benzene rings is 1. The molecular formula is C12H14BrN3O4. The van der Waals surface area contributed by atoms with Gasteiger partial charge in [0.25, 0.3) is 0 Å². The summed E-state index contributed by atoms with van der Waals surface area (Å²) in [5, 5.41) is 16.5. The highest BCUT2D eigenvalue weighted by molar-refractivity contribution is 9.10. The van der Waals surface area contributed by atoms with Gasteiger partial charge in [0, 0.05) is 24.5 Å². The van der Waals surface area contributed by atoms with Crippen LogP contribution < -0.4 is 16.0 Å². The lowest BCUT2D eigenvalue weighted by Gasteiger charge is -2.10. The lowest BCUT2D eigenvalue weighted by atomic mass is 10.2. The molecule has 0 unspecified atom stereocenters. The van der Waals surface area contributed by atoms with E-state index in [4.69, 9.17) is 5.11 Å². The lowest BCUT2D eigenvalue weighted by Crippen LogP contribution is -2.36. The molecule has 0 aromatic heterocycles.